The molecule has 4 nitrogen and oxygen atoms in total. The van der Waals surface area contributed by atoms with Crippen LogP contribution in [0.5, 0.6) is 5.75 Å². The molecule has 0 aliphatic rings. The van der Waals surface area contributed by atoms with Crippen molar-refractivity contribution in [1.82, 2.24) is 0 Å². The number of carbonyl (C=O) groups is 2. The van der Waals surface area contributed by atoms with Gasteiger partial charge in [0.1, 0.15) is 10.8 Å². The van der Waals surface area contributed by atoms with Crippen LogP contribution in [0.25, 0.3) is 0 Å². The number of carboxylic acids is 1. The van der Waals surface area contributed by atoms with Crippen LogP contribution < -0.4 is 4.74 Å². The number of ketones is 1. The van der Waals surface area contributed by atoms with Crippen molar-refractivity contribution in [2.45, 2.75) is 13.8 Å². The van der Waals surface area contributed by atoms with E-state index in [1.54, 1.807) is 17.5 Å². The van der Waals surface area contributed by atoms with Gasteiger partial charge in [-0.3, -0.25) is 4.79 Å². The normalized spacial score (nSPS) is 9.64. The number of ether oxygens (including phenoxy) is 1. The van der Waals surface area contributed by atoms with Crippen molar-refractivity contribution >= 4 is 46.3 Å². The van der Waals surface area contributed by atoms with Crippen LogP contribution in [-0.4, -0.2) is 23.5 Å². The van der Waals surface area contributed by atoms with Crippen LogP contribution in [0, 0.1) is 0 Å². The van der Waals surface area contributed by atoms with Crippen molar-refractivity contribution in [1.29, 1.82) is 0 Å². The zero-order valence-electron chi connectivity index (χ0n) is 11.9. The van der Waals surface area contributed by atoms with E-state index in [4.69, 9.17) is 33.0 Å². The number of benzene rings is 1. The summed E-state index contributed by atoms with van der Waals surface area (Å²) in [7, 11) is 0. The number of carboxylic acid groups (broad SMARTS) is 1. The first-order chi connectivity index (χ1) is 10.5. The van der Waals surface area contributed by atoms with Crippen LogP contribution in [0.2, 0.25) is 10.0 Å². The molecule has 1 aromatic heterocycles. The van der Waals surface area contributed by atoms with Crippen LogP contribution in [-0.2, 0) is 4.79 Å². The average molecular weight is 361 g/mol. The summed E-state index contributed by atoms with van der Waals surface area (Å²) in [5.74, 6) is -1.24. The van der Waals surface area contributed by atoms with Crippen LogP contribution in [0.1, 0.15) is 29.1 Å². The second-order valence-corrected chi connectivity index (χ2v) is 5.43. The molecule has 1 heterocycles. The Labute approximate surface area is 142 Å². The lowest BCUT2D eigenvalue weighted by atomic mass is 10.1. The standard InChI is InChI=1S/C13H8Cl2O4S.C2H6/c14-11-7(13(18)9-2-1-5-20-9)3-4-8(12(11)15)19-6-10(16)17;1-2/h1-5H,6H2,(H,16,17);1-2H3. The smallest absolute Gasteiger partial charge is 0.341 e. The van der Waals surface area contributed by atoms with Gasteiger partial charge in [-0.05, 0) is 23.6 Å². The monoisotopic (exact) mass is 360 g/mol. The number of aliphatic carboxylic acids is 1. The van der Waals surface area contributed by atoms with Gasteiger partial charge >= 0.3 is 5.97 Å². The summed E-state index contributed by atoms with van der Waals surface area (Å²) in [4.78, 5) is 23.2. The summed E-state index contributed by atoms with van der Waals surface area (Å²) in [5.41, 5.74) is 0.252. The molecular formula is C15H14Cl2O4S. The fraction of sp³-hybridized carbons (Fsp3) is 0.200. The molecule has 0 spiro atoms. The number of halogens is 2. The highest BCUT2D eigenvalue weighted by atomic mass is 35.5. The molecule has 0 amide bonds. The molecule has 0 aliphatic carbocycles. The minimum Gasteiger partial charge on any atom is -0.480 e. The molecule has 0 bridgehead atoms. The Morgan fingerprint density at radius 1 is 1.18 bits per heavy atom. The minimum absolute atomic E-state index is 0.0234. The van der Waals surface area contributed by atoms with Crippen LogP contribution in [0.15, 0.2) is 29.6 Å². The molecule has 0 atom stereocenters. The molecular weight excluding hydrogens is 347 g/mol. The first-order valence-electron chi connectivity index (χ1n) is 6.41. The van der Waals surface area contributed by atoms with Gasteiger partial charge in [0, 0.05) is 5.56 Å². The van der Waals surface area contributed by atoms with Crippen LogP contribution >= 0.6 is 34.5 Å². The van der Waals surface area contributed by atoms with E-state index >= 15 is 0 Å². The molecule has 1 aromatic carbocycles. The second kappa shape index (κ2) is 8.78. The summed E-state index contributed by atoms with van der Waals surface area (Å²) < 4.78 is 4.98. The molecule has 2 aromatic rings. The van der Waals surface area contributed by atoms with Gasteiger partial charge < -0.3 is 9.84 Å². The lowest BCUT2D eigenvalue weighted by molar-refractivity contribution is -0.139. The lowest BCUT2D eigenvalue weighted by Crippen LogP contribution is -2.10. The van der Waals surface area contributed by atoms with Gasteiger partial charge in [0.25, 0.3) is 0 Å². The Balaban J connectivity index is 0.00000116. The maximum atomic E-state index is 12.2. The van der Waals surface area contributed by atoms with Crippen molar-refractivity contribution in [2.75, 3.05) is 6.61 Å². The molecule has 2 rings (SSSR count). The average Bonchev–Trinajstić information content (AvgIpc) is 3.04. The molecule has 0 fully saturated rings. The quantitative estimate of drug-likeness (QED) is 0.779. The molecule has 0 aliphatic heterocycles. The van der Waals surface area contributed by atoms with Gasteiger partial charge in [-0.1, -0.05) is 43.1 Å². The zero-order valence-corrected chi connectivity index (χ0v) is 14.3. The van der Waals surface area contributed by atoms with Crippen molar-refractivity contribution in [3.05, 3.63) is 50.1 Å². The van der Waals surface area contributed by atoms with Gasteiger partial charge in [-0.25, -0.2) is 4.79 Å². The Morgan fingerprint density at radius 2 is 1.86 bits per heavy atom. The Bertz CT molecular complexity index is 654. The second-order valence-electron chi connectivity index (χ2n) is 3.73. The third kappa shape index (κ3) is 4.47. The highest BCUT2D eigenvalue weighted by Gasteiger charge is 2.18. The van der Waals surface area contributed by atoms with E-state index in [9.17, 15) is 9.59 Å². The van der Waals surface area contributed by atoms with Gasteiger partial charge in [0.15, 0.2) is 6.61 Å². The van der Waals surface area contributed by atoms with E-state index in [1.807, 2.05) is 13.8 Å². The topological polar surface area (TPSA) is 63.6 Å². The SMILES string of the molecule is CC.O=C(O)COc1ccc(C(=O)c2cccs2)c(Cl)c1Cl. The number of hydrogen-bond donors (Lipinski definition) is 1. The Kier molecular flexibility index (Phi) is 7.38. The summed E-state index contributed by atoms with van der Waals surface area (Å²) >= 11 is 13.3. The molecule has 0 unspecified atom stereocenters. The molecule has 0 saturated carbocycles. The Hall–Kier alpha value is -1.56. The largest absolute Gasteiger partial charge is 0.480 e. The summed E-state index contributed by atoms with van der Waals surface area (Å²) in [6.45, 7) is 3.47. The van der Waals surface area contributed by atoms with Crippen LogP contribution in [0.3, 0.4) is 0 Å². The zero-order chi connectivity index (χ0) is 16.7. The van der Waals surface area contributed by atoms with E-state index in [1.165, 1.54) is 23.5 Å². The van der Waals surface area contributed by atoms with E-state index in [0.29, 0.717) is 4.88 Å². The predicted octanol–water partition coefficient (Wildman–Crippen LogP) is 4.78. The summed E-state index contributed by atoms with van der Waals surface area (Å²) in [6, 6.07) is 6.34. The fourth-order valence-corrected chi connectivity index (χ4v) is 2.64. The van der Waals surface area contributed by atoms with Gasteiger partial charge in [-0.15, -0.1) is 11.3 Å². The van der Waals surface area contributed by atoms with Crippen molar-refractivity contribution in [2.24, 2.45) is 0 Å². The molecule has 7 heteroatoms. The number of carbonyl (C=O) groups excluding carboxylic acids is 1. The highest BCUT2D eigenvalue weighted by molar-refractivity contribution is 7.12. The maximum Gasteiger partial charge on any atom is 0.341 e. The first-order valence-corrected chi connectivity index (χ1v) is 8.05. The van der Waals surface area contributed by atoms with E-state index < -0.39 is 12.6 Å². The van der Waals surface area contributed by atoms with Crippen LogP contribution in [0.4, 0.5) is 0 Å². The number of hydrogen-bond acceptors (Lipinski definition) is 4. The lowest BCUT2D eigenvalue weighted by Gasteiger charge is -2.09. The number of thiophene rings is 1. The van der Waals surface area contributed by atoms with E-state index in [0.717, 1.165) is 0 Å². The van der Waals surface area contributed by atoms with Gasteiger partial charge in [0.05, 0.1) is 9.90 Å². The summed E-state index contributed by atoms with van der Waals surface area (Å²) in [5, 5.41) is 10.4. The van der Waals surface area contributed by atoms with Crippen molar-refractivity contribution in [3.63, 3.8) is 0 Å². The summed E-state index contributed by atoms with van der Waals surface area (Å²) in [6.07, 6.45) is 0. The predicted molar refractivity (Wildman–Crippen MR) is 88.7 cm³/mol. The van der Waals surface area contributed by atoms with Crippen molar-refractivity contribution < 1.29 is 19.4 Å². The van der Waals surface area contributed by atoms with Gasteiger partial charge in [-0.2, -0.15) is 0 Å². The molecule has 0 saturated heterocycles. The fourth-order valence-electron chi connectivity index (χ4n) is 1.50. The maximum absolute atomic E-state index is 12.2. The van der Waals surface area contributed by atoms with E-state index in [-0.39, 0.29) is 27.1 Å². The molecule has 22 heavy (non-hydrogen) atoms. The molecule has 118 valence electrons. The molecule has 1 N–H and O–H groups in total. The third-order valence-corrected chi connectivity index (χ3v) is 4.12. The van der Waals surface area contributed by atoms with Crippen molar-refractivity contribution in [3.8, 4) is 5.75 Å². The molecule has 0 radical (unpaired) electrons. The van der Waals surface area contributed by atoms with Gasteiger partial charge in [0.2, 0.25) is 5.78 Å². The van der Waals surface area contributed by atoms with E-state index in [2.05, 4.69) is 0 Å². The Morgan fingerprint density at radius 3 is 2.41 bits per heavy atom. The number of rotatable bonds is 5. The minimum atomic E-state index is -1.13. The highest BCUT2D eigenvalue weighted by Crippen LogP contribution is 2.36. The first kappa shape index (κ1) is 18.5. The third-order valence-electron chi connectivity index (χ3n) is 2.39.